The van der Waals surface area contributed by atoms with Crippen molar-refractivity contribution in [3.05, 3.63) is 24.3 Å². The van der Waals surface area contributed by atoms with Crippen molar-refractivity contribution in [1.82, 2.24) is 0 Å². The second kappa shape index (κ2) is 4.74. The van der Waals surface area contributed by atoms with Crippen molar-refractivity contribution in [2.24, 2.45) is 5.92 Å². The maximum Gasteiger partial charge on any atom is 0.119 e. The van der Waals surface area contributed by atoms with Crippen molar-refractivity contribution in [2.45, 2.75) is 19.4 Å². The molecule has 0 radical (unpaired) electrons. The maximum absolute atomic E-state index is 9.35. The first-order chi connectivity index (χ1) is 7.80. The van der Waals surface area contributed by atoms with Gasteiger partial charge in [0.15, 0.2) is 0 Å². The molecule has 1 unspecified atom stereocenters. The van der Waals surface area contributed by atoms with Crippen molar-refractivity contribution in [3.8, 4) is 5.75 Å². The number of benzene rings is 1. The van der Waals surface area contributed by atoms with Gasteiger partial charge in [-0.3, -0.25) is 0 Å². The van der Waals surface area contributed by atoms with E-state index in [1.165, 1.54) is 5.69 Å². The summed E-state index contributed by atoms with van der Waals surface area (Å²) in [4.78, 5) is 2.26. The van der Waals surface area contributed by atoms with Gasteiger partial charge in [0.2, 0.25) is 0 Å². The molecule has 16 heavy (non-hydrogen) atoms. The Hall–Kier alpha value is -1.22. The van der Waals surface area contributed by atoms with E-state index in [-0.39, 0.29) is 6.61 Å². The van der Waals surface area contributed by atoms with Crippen LogP contribution in [0.25, 0.3) is 0 Å². The molecule has 3 nitrogen and oxygen atoms in total. The van der Waals surface area contributed by atoms with Gasteiger partial charge in [0.05, 0.1) is 19.8 Å². The Bertz CT molecular complexity index is 336. The predicted molar refractivity (Wildman–Crippen MR) is 65.0 cm³/mol. The van der Waals surface area contributed by atoms with E-state index in [1.807, 2.05) is 24.3 Å². The van der Waals surface area contributed by atoms with Gasteiger partial charge in [-0.05, 0) is 36.6 Å². The number of aliphatic hydroxyl groups excluding tert-OH is 1. The van der Waals surface area contributed by atoms with Crippen LogP contribution in [0.15, 0.2) is 24.3 Å². The van der Waals surface area contributed by atoms with E-state index in [4.69, 9.17) is 4.74 Å². The van der Waals surface area contributed by atoms with Gasteiger partial charge in [-0.2, -0.15) is 0 Å². The van der Waals surface area contributed by atoms with Crippen molar-refractivity contribution in [3.63, 3.8) is 0 Å². The van der Waals surface area contributed by atoms with E-state index in [9.17, 15) is 5.11 Å². The molecule has 2 rings (SSSR count). The van der Waals surface area contributed by atoms with Crippen LogP contribution in [0.3, 0.4) is 0 Å². The molecule has 1 fully saturated rings. The van der Waals surface area contributed by atoms with Crippen LogP contribution in [-0.4, -0.2) is 31.4 Å². The van der Waals surface area contributed by atoms with Crippen LogP contribution in [0.2, 0.25) is 0 Å². The Morgan fingerprint density at radius 3 is 2.56 bits per heavy atom. The first-order valence-corrected chi connectivity index (χ1v) is 5.81. The first-order valence-electron chi connectivity index (χ1n) is 5.81. The molecule has 88 valence electrons. The first kappa shape index (κ1) is 11.3. The summed E-state index contributed by atoms with van der Waals surface area (Å²) in [5.41, 5.74) is 1.17. The smallest absolute Gasteiger partial charge is 0.119 e. The number of ether oxygens (including phenoxy) is 1. The summed E-state index contributed by atoms with van der Waals surface area (Å²) in [6.45, 7) is 3.47. The van der Waals surface area contributed by atoms with E-state index in [0.717, 1.165) is 18.7 Å². The lowest BCUT2D eigenvalue weighted by molar-refractivity contribution is 0.168. The average molecular weight is 221 g/mol. The molecular formula is C13H19NO2. The van der Waals surface area contributed by atoms with Crippen LogP contribution in [0, 0.1) is 5.92 Å². The quantitative estimate of drug-likeness (QED) is 0.843. The van der Waals surface area contributed by atoms with Crippen molar-refractivity contribution in [1.29, 1.82) is 0 Å². The van der Waals surface area contributed by atoms with Crippen molar-refractivity contribution < 1.29 is 9.84 Å². The van der Waals surface area contributed by atoms with Crippen LogP contribution >= 0.6 is 0 Å². The van der Waals surface area contributed by atoms with Crippen LogP contribution in [-0.2, 0) is 0 Å². The molecule has 0 aliphatic carbocycles. The fraction of sp³-hybridized carbons (Fsp3) is 0.538. The van der Waals surface area contributed by atoms with E-state index in [0.29, 0.717) is 12.0 Å². The average Bonchev–Trinajstić information content (AvgIpc) is 2.30. The third-order valence-electron chi connectivity index (χ3n) is 3.49. The normalized spacial score (nSPS) is 24.1. The number of anilines is 1. The Balaban J connectivity index is 2.07. The van der Waals surface area contributed by atoms with Gasteiger partial charge in [0, 0.05) is 12.2 Å². The molecule has 0 saturated carbocycles. The minimum absolute atomic E-state index is 0.241. The molecule has 2 atom stereocenters. The fourth-order valence-electron chi connectivity index (χ4n) is 2.35. The van der Waals surface area contributed by atoms with Gasteiger partial charge in [0.25, 0.3) is 0 Å². The lowest BCUT2D eigenvalue weighted by Gasteiger charge is -2.48. The molecule has 1 aliphatic heterocycles. The summed E-state index contributed by atoms with van der Waals surface area (Å²) in [6, 6.07) is 8.31. The third-order valence-corrected chi connectivity index (χ3v) is 3.49. The number of methoxy groups -OCH3 is 1. The monoisotopic (exact) mass is 221 g/mol. The zero-order valence-corrected chi connectivity index (χ0v) is 9.89. The summed E-state index contributed by atoms with van der Waals surface area (Å²) in [5.74, 6) is 1.50. The number of aliphatic hydroxyl groups is 1. The van der Waals surface area contributed by atoms with E-state index in [2.05, 4.69) is 11.8 Å². The van der Waals surface area contributed by atoms with Gasteiger partial charge in [-0.15, -0.1) is 0 Å². The third kappa shape index (κ3) is 1.87. The minimum Gasteiger partial charge on any atom is -0.497 e. The van der Waals surface area contributed by atoms with Crippen LogP contribution in [0.1, 0.15) is 13.3 Å². The molecule has 0 spiro atoms. The van der Waals surface area contributed by atoms with Gasteiger partial charge in [-0.1, -0.05) is 6.92 Å². The standard InChI is InChI=1S/C13H19NO2/c1-3-10-8-14(13(10)9-15)11-4-6-12(16-2)7-5-11/h4-7,10,13,15H,3,8-9H2,1-2H3/t10?,13-/m1/s1. The SMILES string of the molecule is CCC1CN(c2ccc(OC)cc2)[C@@H]1CO. The lowest BCUT2D eigenvalue weighted by Crippen LogP contribution is -2.58. The summed E-state index contributed by atoms with van der Waals surface area (Å²) >= 11 is 0. The molecule has 1 aliphatic rings. The number of nitrogens with zero attached hydrogens (tertiary/aromatic N) is 1. The Kier molecular flexibility index (Phi) is 3.34. The van der Waals surface area contributed by atoms with E-state index >= 15 is 0 Å². The van der Waals surface area contributed by atoms with Crippen molar-refractivity contribution in [2.75, 3.05) is 25.2 Å². The van der Waals surface area contributed by atoms with Gasteiger partial charge in [0.1, 0.15) is 5.75 Å². The molecule has 1 saturated heterocycles. The molecule has 1 N–H and O–H groups in total. The Morgan fingerprint density at radius 2 is 2.06 bits per heavy atom. The van der Waals surface area contributed by atoms with Crippen LogP contribution < -0.4 is 9.64 Å². The second-order valence-corrected chi connectivity index (χ2v) is 4.27. The van der Waals surface area contributed by atoms with Crippen LogP contribution in [0.4, 0.5) is 5.69 Å². The fourth-order valence-corrected chi connectivity index (χ4v) is 2.35. The molecule has 0 bridgehead atoms. The lowest BCUT2D eigenvalue weighted by atomic mass is 9.86. The minimum atomic E-state index is 0.241. The molecule has 1 aromatic carbocycles. The number of rotatable bonds is 4. The highest BCUT2D eigenvalue weighted by atomic mass is 16.5. The second-order valence-electron chi connectivity index (χ2n) is 4.27. The highest BCUT2D eigenvalue weighted by Crippen LogP contribution is 2.33. The molecule has 0 aromatic heterocycles. The largest absolute Gasteiger partial charge is 0.497 e. The number of hydrogen-bond acceptors (Lipinski definition) is 3. The molecule has 1 heterocycles. The molecule has 1 aromatic rings. The molecule has 3 heteroatoms. The van der Waals surface area contributed by atoms with E-state index < -0.39 is 0 Å². The summed E-state index contributed by atoms with van der Waals surface area (Å²) in [7, 11) is 1.67. The molecule has 0 amide bonds. The highest BCUT2D eigenvalue weighted by Gasteiger charge is 2.36. The zero-order chi connectivity index (χ0) is 11.5. The van der Waals surface area contributed by atoms with Crippen molar-refractivity contribution >= 4 is 5.69 Å². The van der Waals surface area contributed by atoms with Gasteiger partial charge < -0.3 is 14.7 Å². The zero-order valence-electron chi connectivity index (χ0n) is 9.89. The Labute approximate surface area is 96.6 Å². The highest BCUT2D eigenvalue weighted by molar-refractivity contribution is 5.52. The van der Waals surface area contributed by atoms with Crippen LogP contribution in [0.5, 0.6) is 5.75 Å². The van der Waals surface area contributed by atoms with Gasteiger partial charge in [-0.25, -0.2) is 0 Å². The summed E-state index contributed by atoms with van der Waals surface area (Å²) in [5, 5.41) is 9.35. The topological polar surface area (TPSA) is 32.7 Å². The van der Waals surface area contributed by atoms with Gasteiger partial charge >= 0.3 is 0 Å². The van der Waals surface area contributed by atoms with E-state index in [1.54, 1.807) is 7.11 Å². The predicted octanol–water partition coefficient (Wildman–Crippen LogP) is 1.90. The molecular weight excluding hydrogens is 202 g/mol. The summed E-state index contributed by atoms with van der Waals surface area (Å²) < 4.78 is 5.13. The summed E-state index contributed by atoms with van der Waals surface area (Å²) in [6.07, 6.45) is 1.14. The Morgan fingerprint density at radius 1 is 1.38 bits per heavy atom. The maximum atomic E-state index is 9.35. The number of hydrogen-bond donors (Lipinski definition) is 1.